The molecule has 0 bridgehead atoms. The van der Waals surface area contributed by atoms with Gasteiger partial charge in [-0.1, -0.05) is 18.2 Å². The second-order valence-electron chi connectivity index (χ2n) is 6.39. The maximum atomic E-state index is 12.5. The van der Waals surface area contributed by atoms with Gasteiger partial charge in [0, 0.05) is 24.7 Å². The molecule has 0 aliphatic carbocycles. The van der Waals surface area contributed by atoms with E-state index in [0.29, 0.717) is 0 Å². The van der Waals surface area contributed by atoms with Crippen molar-refractivity contribution in [2.45, 2.75) is 16.3 Å². The zero-order valence-electron chi connectivity index (χ0n) is 15.2. The molecule has 1 unspecified atom stereocenters. The average Bonchev–Trinajstić information content (AvgIpc) is 2.69. The predicted octanol–water partition coefficient (Wildman–Crippen LogP) is 0.606. The molecule has 0 radical (unpaired) electrons. The molecule has 2 heterocycles. The number of aliphatic carboxylic acids is 1. The van der Waals surface area contributed by atoms with E-state index in [1.807, 2.05) is 30.3 Å². The van der Waals surface area contributed by atoms with Gasteiger partial charge in [-0.3, -0.25) is 19.3 Å². The lowest BCUT2D eigenvalue weighted by Crippen LogP contribution is -2.71. The van der Waals surface area contributed by atoms with E-state index < -0.39 is 29.2 Å². The van der Waals surface area contributed by atoms with E-state index >= 15 is 0 Å². The number of nitrogens with one attached hydrogen (secondary N) is 1. The third kappa shape index (κ3) is 3.88. The SMILES string of the molecule is CN(C)C(=O)C1=C(C(=O)O)N2C(=O)C(NC(=O)CSc3ccccc3)[C@H]2SC1. The van der Waals surface area contributed by atoms with Crippen LogP contribution in [-0.4, -0.2) is 75.6 Å². The van der Waals surface area contributed by atoms with Crippen molar-refractivity contribution in [1.82, 2.24) is 15.1 Å². The Kier molecular flexibility index (Phi) is 5.99. The Balaban J connectivity index is 1.67. The van der Waals surface area contributed by atoms with Crippen LogP contribution in [0.2, 0.25) is 0 Å². The maximum absolute atomic E-state index is 12.5. The number of nitrogens with zero attached hydrogens (tertiary/aromatic N) is 2. The molecule has 10 heteroatoms. The zero-order chi connectivity index (χ0) is 20.4. The summed E-state index contributed by atoms with van der Waals surface area (Å²) in [5, 5.41) is 11.7. The highest BCUT2D eigenvalue weighted by Crippen LogP contribution is 2.40. The first kappa shape index (κ1) is 20.3. The van der Waals surface area contributed by atoms with Gasteiger partial charge in [0.25, 0.3) is 11.8 Å². The fourth-order valence-electron chi connectivity index (χ4n) is 2.93. The largest absolute Gasteiger partial charge is 0.477 e. The monoisotopic (exact) mass is 421 g/mol. The number of benzene rings is 1. The van der Waals surface area contributed by atoms with Crippen molar-refractivity contribution in [3.8, 4) is 0 Å². The number of rotatable bonds is 6. The first-order chi connectivity index (χ1) is 13.3. The van der Waals surface area contributed by atoms with Crippen molar-refractivity contribution >= 4 is 47.2 Å². The van der Waals surface area contributed by atoms with Crippen LogP contribution in [0.25, 0.3) is 0 Å². The van der Waals surface area contributed by atoms with Crippen molar-refractivity contribution in [3.05, 3.63) is 41.6 Å². The summed E-state index contributed by atoms with van der Waals surface area (Å²) < 4.78 is 0. The van der Waals surface area contributed by atoms with Crippen LogP contribution in [0.1, 0.15) is 0 Å². The molecule has 148 valence electrons. The minimum Gasteiger partial charge on any atom is -0.477 e. The van der Waals surface area contributed by atoms with Gasteiger partial charge < -0.3 is 15.3 Å². The summed E-state index contributed by atoms with van der Waals surface area (Å²) in [5.41, 5.74) is -0.215. The Morgan fingerprint density at radius 3 is 2.57 bits per heavy atom. The molecule has 3 rings (SSSR count). The molecule has 1 saturated heterocycles. The highest BCUT2D eigenvalue weighted by atomic mass is 32.2. The van der Waals surface area contributed by atoms with Crippen LogP contribution >= 0.6 is 23.5 Å². The van der Waals surface area contributed by atoms with Crippen LogP contribution in [0.15, 0.2) is 46.5 Å². The fourth-order valence-corrected chi connectivity index (χ4v) is 5.00. The van der Waals surface area contributed by atoms with Crippen LogP contribution in [0.3, 0.4) is 0 Å². The number of carboxylic acid groups (broad SMARTS) is 1. The summed E-state index contributed by atoms with van der Waals surface area (Å²) in [5.74, 6) is -2.27. The number of likely N-dealkylation sites (N-methyl/N-ethyl adjacent to an activating group) is 1. The number of carbonyl (C=O) groups is 4. The molecule has 3 amide bonds. The molecular weight excluding hydrogens is 402 g/mol. The number of fused-ring (bicyclic) bond motifs is 1. The second kappa shape index (κ2) is 8.27. The summed E-state index contributed by atoms with van der Waals surface area (Å²) >= 11 is 2.62. The van der Waals surface area contributed by atoms with Gasteiger partial charge in [0.05, 0.1) is 11.3 Å². The third-order valence-electron chi connectivity index (χ3n) is 4.26. The van der Waals surface area contributed by atoms with E-state index in [1.165, 1.54) is 42.5 Å². The Morgan fingerprint density at radius 2 is 1.96 bits per heavy atom. The maximum Gasteiger partial charge on any atom is 0.353 e. The molecule has 0 aromatic heterocycles. The normalized spacial score (nSPS) is 20.9. The highest BCUT2D eigenvalue weighted by molar-refractivity contribution is 8.00. The Bertz CT molecular complexity index is 856. The lowest BCUT2D eigenvalue weighted by molar-refractivity contribution is -0.150. The summed E-state index contributed by atoms with van der Waals surface area (Å²) in [4.78, 5) is 52.0. The topological polar surface area (TPSA) is 107 Å². The molecule has 28 heavy (non-hydrogen) atoms. The van der Waals surface area contributed by atoms with E-state index in [2.05, 4.69) is 5.32 Å². The van der Waals surface area contributed by atoms with Gasteiger partial charge in [0.2, 0.25) is 5.91 Å². The molecule has 2 aliphatic heterocycles. The van der Waals surface area contributed by atoms with Gasteiger partial charge >= 0.3 is 5.97 Å². The Morgan fingerprint density at radius 1 is 1.29 bits per heavy atom. The molecule has 0 spiro atoms. The number of hydrogen-bond donors (Lipinski definition) is 2. The smallest absolute Gasteiger partial charge is 0.353 e. The van der Waals surface area contributed by atoms with Crippen LogP contribution < -0.4 is 5.32 Å². The predicted molar refractivity (Wildman–Crippen MR) is 106 cm³/mol. The number of β-lactam (4-membered cyclic amide) rings is 1. The molecule has 2 aliphatic rings. The molecule has 1 aromatic carbocycles. The summed E-state index contributed by atoms with van der Waals surface area (Å²) in [6, 6.07) is 8.61. The van der Waals surface area contributed by atoms with Crippen molar-refractivity contribution < 1.29 is 24.3 Å². The number of hydrogen-bond acceptors (Lipinski definition) is 6. The first-order valence-electron chi connectivity index (χ1n) is 8.41. The minimum absolute atomic E-state index is 0.0801. The van der Waals surface area contributed by atoms with Crippen LogP contribution in [0.5, 0.6) is 0 Å². The molecular formula is C18H19N3O5S2. The van der Waals surface area contributed by atoms with Gasteiger partial charge in [-0.05, 0) is 12.1 Å². The van der Waals surface area contributed by atoms with E-state index in [-0.39, 0.29) is 28.7 Å². The molecule has 1 aromatic rings. The van der Waals surface area contributed by atoms with Crippen LogP contribution in [-0.2, 0) is 19.2 Å². The molecule has 1 fully saturated rings. The first-order valence-corrected chi connectivity index (χ1v) is 10.4. The summed E-state index contributed by atoms with van der Waals surface area (Å²) in [6.07, 6.45) is 0. The summed E-state index contributed by atoms with van der Waals surface area (Å²) in [7, 11) is 3.05. The van der Waals surface area contributed by atoms with Crippen molar-refractivity contribution in [1.29, 1.82) is 0 Å². The molecule has 2 atom stereocenters. The number of carboxylic acids is 1. The van der Waals surface area contributed by atoms with Gasteiger partial charge in [-0.15, -0.1) is 23.5 Å². The van der Waals surface area contributed by atoms with Gasteiger partial charge in [0.1, 0.15) is 17.1 Å². The molecule has 8 nitrogen and oxygen atoms in total. The highest BCUT2D eigenvalue weighted by Gasteiger charge is 2.54. The van der Waals surface area contributed by atoms with Gasteiger partial charge in [-0.2, -0.15) is 0 Å². The summed E-state index contributed by atoms with van der Waals surface area (Å²) in [6.45, 7) is 0. The standard InChI is InChI=1S/C18H19N3O5S2/c1-20(2)15(23)11-8-28-17-13(16(24)21(17)14(11)18(25)26)19-12(22)9-27-10-6-4-3-5-7-10/h3-7,13,17H,8-9H2,1-2H3,(H,19,22)(H,25,26)/t13?,17-/m1/s1. The number of thioether (sulfide) groups is 2. The number of amides is 3. The fraction of sp³-hybridized carbons (Fsp3) is 0.333. The van der Waals surface area contributed by atoms with E-state index in [0.717, 1.165) is 9.80 Å². The zero-order valence-corrected chi connectivity index (χ0v) is 16.9. The van der Waals surface area contributed by atoms with Crippen LogP contribution in [0.4, 0.5) is 0 Å². The quantitative estimate of drug-likeness (QED) is 0.512. The van der Waals surface area contributed by atoms with Gasteiger partial charge in [-0.25, -0.2) is 4.79 Å². The lowest BCUT2D eigenvalue weighted by Gasteiger charge is -2.49. The van der Waals surface area contributed by atoms with E-state index in [1.54, 1.807) is 0 Å². The molecule has 0 saturated carbocycles. The Hall–Kier alpha value is -2.46. The minimum atomic E-state index is -1.33. The average molecular weight is 422 g/mol. The van der Waals surface area contributed by atoms with Crippen LogP contribution in [0, 0.1) is 0 Å². The third-order valence-corrected chi connectivity index (χ3v) is 6.56. The van der Waals surface area contributed by atoms with Crippen molar-refractivity contribution in [3.63, 3.8) is 0 Å². The Labute approximate surface area is 170 Å². The van der Waals surface area contributed by atoms with E-state index in [9.17, 15) is 24.3 Å². The lowest BCUT2D eigenvalue weighted by atomic mass is 10.0. The van der Waals surface area contributed by atoms with Crippen molar-refractivity contribution in [2.75, 3.05) is 25.6 Å². The number of carbonyl (C=O) groups excluding carboxylic acids is 3. The van der Waals surface area contributed by atoms with Gasteiger partial charge in [0.15, 0.2) is 0 Å². The van der Waals surface area contributed by atoms with E-state index in [4.69, 9.17) is 0 Å². The molecule has 2 N–H and O–H groups in total. The van der Waals surface area contributed by atoms with Crippen molar-refractivity contribution in [2.24, 2.45) is 0 Å². The second-order valence-corrected chi connectivity index (χ2v) is 8.54.